The summed E-state index contributed by atoms with van der Waals surface area (Å²) < 4.78 is 72.6. The van der Waals surface area contributed by atoms with E-state index in [0.717, 1.165) is 27.3 Å². The SMILES string of the molecule is Cc1c(N2CCN(Cc3ccccc3F)CC2)c(=O)n(C[C@H](N)c2ccccc2)c(=O)n1Cc1c(F)cccc1C(F)(F)F. The van der Waals surface area contributed by atoms with E-state index in [1.807, 2.05) is 4.90 Å². The van der Waals surface area contributed by atoms with Gasteiger partial charge in [0, 0.05) is 55.6 Å². The summed E-state index contributed by atoms with van der Waals surface area (Å²) in [5, 5.41) is 0. The molecule has 1 aliphatic rings. The zero-order valence-corrected chi connectivity index (χ0v) is 24.0. The third-order valence-electron chi connectivity index (χ3n) is 8.04. The van der Waals surface area contributed by atoms with Gasteiger partial charge in [-0.15, -0.1) is 0 Å². The predicted molar refractivity (Wildman–Crippen MR) is 157 cm³/mol. The third kappa shape index (κ3) is 6.46. The molecule has 5 rings (SSSR count). The Balaban J connectivity index is 1.54. The van der Waals surface area contributed by atoms with Crippen LogP contribution in [0.4, 0.5) is 27.6 Å². The number of rotatable bonds is 8. The van der Waals surface area contributed by atoms with Crippen LogP contribution >= 0.6 is 0 Å². The van der Waals surface area contributed by atoms with E-state index in [2.05, 4.69) is 0 Å². The number of piperazine rings is 1. The van der Waals surface area contributed by atoms with E-state index in [1.54, 1.807) is 53.4 Å². The van der Waals surface area contributed by atoms with Crippen LogP contribution in [0.5, 0.6) is 0 Å². The van der Waals surface area contributed by atoms with Crippen LogP contribution in [0.25, 0.3) is 0 Å². The smallest absolute Gasteiger partial charge is 0.363 e. The lowest BCUT2D eigenvalue weighted by Crippen LogP contribution is -2.51. The first kappa shape index (κ1) is 31.1. The minimum Gasteiger partial charge on any atom is -0.363 e. The van der Waals surface area contributed by atoms with Gasteiger partial charge in [0.1, 0.15) is 17.3 Å². The molecule has 7 nitrogen and oxygen atoms in total. The largest absolute Gasteiger partial charge is 0.416 e. The van der Waals surface area contributed by atoms with E-state index in [9.17, 15) is 31.5 Å². The molecule has 1 aromatic heterocycles. The van der Waals surface area contributed by atoms with Crippen LogP contribution in [0, 0.1) is 18.6 Å². The van der Waals surface area contributed by atoms with Crippen LogP contribution in [0.3, 0.4) is 0 Å². The molecule has 3 aromatic carbocycles. The van der Waals surface area contributed by atoms with Crippen LogP contribution in [-0.4, -0.2) is 40.2 Å². The third-order valence-corrected chi connectivity index (χ3v) is 8.04. The Morgan fingerprint density at radius 3 is 2.09 bits per heavy atom. The fourth-order valence-electron chi connectivity index (χ4n) is 5.64. The van der Waals surface area contributed by atoms with Crippen molar-refractivity contribution in [3.8, 4) is 0 Å². The van der Waals surface area contributed by atoms with Crippen molar-refractivity contribution in [1.29, 1.82) is 0 Å². The average molecular weight is 614 g/mol. The van der Waals surface area contributed by atoms with E-state index in [0.29, 0.717) is 43.9 Å². The van der Waals surface area contributed by atoms with Gasteiger partial charge in [0.25, 0.3) is 5.56 Å². The van der Waals surface area contributed by atoms with Gasteiger partial charge in [0.15, 0.2) is 0 Å². The summed E-state index contributed by atoms with van der Waals surface area (Å²) in [6, 6.07) is 17.1. The standard InChI is InChI=1S/C32H32F5N5O2/c1-21-29(40-16-14-39(15-17-40)18-23-10-5-6-12-26(23)33)30(43)42(20-28(38)22-8-3-2-4-9-22)31(44)41(21)19-24-25(32(35,36)37)11-7-13-27(24)34/h2-13,28H,14-20,38H2,1H3/t28-/m0/s1. The summed E-state index contributed by atoms with van der Waals surface area (Å²) >= 11 is 0. The number of hydrogen-bond acceptors (Lipinski definition) is 5. The Bertz CT molecular complexity index is 1750. The Kier molecular flexibility index (Phi) is 9.02. The van der Waals surface area contributed by atoms with Crippen molar-refractivity contribution in [2.75, 3.05) is 31.1 Å². The van der Waals surface area contributed by atoms with Crippen molar-refractivity contribution >= 4 is 5.69 Å². The van der Waals surface area contributed by atoms with E-state index in [4.69, 9.17) is 5.73 Å². The van der Waals surface area contributed by atoms with Crippen LogP contribution in [0.1, 0.15) is 34.0 Å². The zero-order chi connectivity index (χ0) is 31.6. The summed E-state index contributed by atoms with van der Waals surface area (Å²) in [5.74, 6) is -1.44. The highest BCUT2D eigenvalue weighted by atomic mass is 19.4. The fraction of sp³-hybridized carbons (Fsp3) is 0.312. The highest BCUT2D eigenvalue weighted by Gasteiger charge is 2.35. The molecule has 0 spiro atoms. The van der Waals surface area contributed by atoms with Gasteiger partial charge in [0.05, 0.1) is 18.7 Å². The number of benzene rings is 3. The predicted octanol–water partition coefficient (Wildman–Crippen LogP) is 4.69. The maximum atomic E-state index is 14.9. The van der Waals surface area contributed by atoms with Crippen molar-refractivity contribution in [2.24, 2.45) is 5.73 Å². The van der Waals surface area contributed by atoms with E-state index in [1.165, 1.54) is 13.0 Å². The maximum Gasteiger partial charge on any atom is 0.416 e. The average Bonchev–Trinajstić information content (AvgIpc) is 3.00. The van der Waals surface area contributed by atoms with Gasteiger partial charge >= 0.3 is 11.9 Å². The lowest BCUT2D eigenvalue weighted by molar-refractivity contribution is -0.138. The molecule has 1 saturated heterocycles. The molecular formula is C32H32F5N5O2. The summed E-state index contributed by atoms with van der Waals surface area (Å²) in [6.45, 7) is 2.44. The number of aromatic nitrogens is 2. The van der Waals surface area contributed by atoms with Gasteiger partial charge in [-0.05, 0) is 30.7 Å². The molecule has 0 unspecified atom stereocenters. The topological polar surface area (TPSA) is 76.5 Å². The molecule has 232 valence electrons. The summed E-state index contributed by atoms with van der Waals surface area (Å²) in [4.78, 5) is 31.5. The first-order chi connectivity index (χ1) is 21.0. The molecule has 2 heterocycles. The molecule has 2 N–H and O–H groups in total. The van der Waals surface area contributed by atoms with Crippen molar-refractivity contribution in [3.05, 3.63) is 133 Å². The Morgan fingerprint density at radius 1 is 0.795 bits per heavy atom. The normalized spacial score (nSPS) is 15.0. The highest BCUT2D eigenvalue weighted by molar-refractivity contribution is 5.50. The highest BCUT2D eigenvalue weighted by Crippen LogP contribution is 2.33. The van der Waals surface area contributed by atoms with Crippen LogP contribution in [0.15, 0.2) is 82.4 Å². The molecule has 44 heavy (non-hydrogen) atoms. The minimum atomic E-state index is -4.86. The second-order valence-electron chi connectivity index (χ2n) is 10.9. The Hall–Kier alpha value is -4.29. The second-order valence-corrected chi connectivity index (χ2v) is 10.9. The summed E-state index contributed by atoms with van der Waals surface area (Å²) in [6.07, 6.45) is -4.86. The first-order valence-corrected chi connectivity index (χ1v) is 14.2. The number of halogens is 5. The van der Waals surface area contributed by atoms with E-state index in [-0.39, 0.29) is 23.7 Å². The quantitative estimate of drug-likeness (QED) is 0.292. The van der Waals surface area contributed by atoms with Crippen molar-refractivity contribution in [2.45, 2.75) is 38.8 Å². The summed E-state index contributed by atoms with van der Waals surface area (Å²) in [5.41, 5.74) is 4.37. The molecule has 0 aliphatic carbocycles. The summed E-state index contributed by atoms with van der Waals surface area (Å²) in [7, 11) is 0. The van der Waals surface area contributed by atoms with Crippen LogP contribution < -0.4 is 21.9 Å². The molecule has 0 saturated carbocycles. The molecule has 1 aliphatic heterocycles. The van der Waals surface area contributed by atoms with Crippen molar-refractivity contribution < 1.29 is 22.0 Å². The van der Waals surface area contributed by atoms with E-state index >= 15 is 0 Å². The molecular weight excluding hydrogens is 581 g/mol. The number of hydrogen-bond donors (Lipinski definition) is 1. The first-order valence-electron chi connectivity index (χ1n) is 14.2. The lowest BCUT2D eigenvalue weighted by Gasteiger charge is -2.37. The number of anilines is 1. The van der Waals surface area contributed by atoms with Gasteiger partial charge in [-0.2, -0.15) is 13.2 Å². The van der Waals surface area contributed by atoms with Gasteiger partial charge < -0.3 is 10.6 Å². The van der Waals surface area contributed by atoms with Gasteiger partial charge in [-0.1, -0.05) is 54.6 Å². The zero-order valence-electron chi connectivity index (χ0n) is 24.0. The number of nitrogens with zero attached hydrogens (tertiary/aromatic N) is 4. The maximum absolute atomic E-state index is 14.9. The lowest BCUT2D eigenvalue weighted by atomic mass is 10.1. The molecule has 1 fully saturated rings. The number of alkyl halides is 3. The van der Waals surface area contributed by atoms with Crippen LogP contribution in [0.2, 0.25) is 0 Å². The molecule has 1 atom stereocenters. The monoisotopic (exact) mass is 613 g/mol. The molecule has 0 amide bonds. The minimum absolute atomic E-state index is 0.114. The Morgan fingerprint density at radius 2 is 1.43 bits per heavy atom. The molecule has 12 heteroatoms. The molecule has 0 bridgehead atoms. The van der Waals surface area contributed by atoms with E-state index < -0.39 is 47.0 Å². The van der Waals surface area contributed by atoms with Gasteiger partial charge in [-0.3, -0.25) is 18.8 Å². The number of nitrogens with two attached hydrogens (primary N) is 1. The second kappa shape index (κ2) is 12.7. The van der Waals surface area contributed by atoms with Crippen LogP contribution in [-0.2, 0) is 25.8 Å². The van der Waals surface area contributed by atoms with Gasteiger partial charge in [0.2, 0.25) is 0 Å². The van der Waals surface area contributed by atoms with Crippen molar-refractivity contribution in [3.63, 3.8) is 0 Å². The van der Waals surface area contributed by atoms with Crippen molar-refractivity contribution in [1.82, 2.24) is 14.0 Å². The fourth-order valence-corrected chi connectivity index (χ4v) is 5.64. The molecule has 4 aromatic rings. The van der Waals surface area contributed by atoms with Gasteiger partial charge in [-0.25, -0.2) is 13.6 Å². The molecule has 0 radical (unpaired) electrons. The Labute approximate surface area is 250 Å².